The Morgan fingerprint density at radius 1 is 1.00 bits per heavy atom. The van der Waals surface area contributed by atoms with Crippen molar-refractivity contribution in [3.05, 3.63) is 47.6 Å². The number of hydrogen-bond donors (Lipinski definition) is 0. The second-order valence-corrected chi connectivity index (χ2v) is 3.18. The van der Waals surface area contributed by atoms with Crippen LogP contribution in [0.1, 0.15) is 20.8 Å². The highest BCUT2D eigenvalue weighted by Gasteiger charge is 2.26. The summed E-state index contributed by atoms with van der Waals surface area (Å²) in [6, 6.07) is 0. The van der Waals surface area contributed by atoms with E-state index >= 15 is 0 Å². The fourth-order valence-corrected chi connectivity index (χ4v) is 1.70. The topological polar surface area (TPSA) is 0 Å². The Labute approximate surface area is 75.0 Å². The minimum Gasteiger partial charge on any atom is -0.0946 e. The van der Waals surface area contributed by atoms with Gasteiger partial charge >= 0.3 is 0 Å². The Kier molecular flexibility index (Phi) is 2.37. The van der Waals surface area contributed by atoms with Crippen LogP contribution in [-0.4, -0.2) is 0 Å². The molecule has 1 aliphatic rings. The highest BCUT2D eigenvalue weighted by atomic mass is 14.3. The third-order valence-electron chi connectivity index (χ3n) is 2.60. The van der Waals surface area contributed by atoms with Crippen LogP contribution in [0.15, 0.2) is 47.6 Å². The van der Waals surface area contributed by atoms with E-state index in [0.717, 1.165) is 0 Å². The minimum atomic E-state index is 0.419. The molecule has 0 radical (unpaired) electrons. The summed E-state index contributed by atoms with van der Waals surface area (Å²) in [4.78, 5) is 0. The SMILES string of the molecule is C=C1C(=C/C)/C(=C\C)C(=C)C1C. The molecule has 1 rings (SSSR count). The first-order chi connectivity index (χ1) is 5.63. The summed E-state index contributed by atoms with van der Waals surface area (Å²) >= 11 is 0. The van der Waals surface area contributed by atoms with E-state index in [0.29, 0.717) is 5.92 Å². The molecule has 1 aliphatic carbocycles. The zero-order chi connectivity index (χ0) is 9.30. The van der Waals surface area contributed by atoms with Gasteiger partial charge in [0.05, 0.1) is 0 Å². The van der Waals surface area contributed by atoms with Crippen molar-refractivity contribution < 1.29 is 0 Å². The zero-order valence-electron chi connectivity index (χ0n) is 8.15. The molecular formula is C12H16. The maximum atomic E-state index is 4.07. The Morgan fingerprint density at radius 3 is 1.58 bits per heavy atom. The molecule has 0 aromatic heterocycles. The largest absolute Gasteiger partial charge is 0.0946 e. The second-order valence-electron chi connectivity index (χ2n) is 3.18. The predicted molar refractivity (Wildman–Crippen MR) is 55.0 cm³/mol. The van der Waals surface area contributed by atoms with Crippen LogP contribution in [0, 0.1) is 5.92 Å². The molecule has 0 N–H and O–H groups in total. The van der Waals surface area contributed by atoms with Gasteiger partial charge in [-0.2, -0.15) is 0 Å². The maximum Gasteiger partial charge on any atom is 0.00613 e. The fraction of sp³-hybridized carbons (Fsp3) is 0.333. The van der Waals surface area contributed by atoms with Gasteiger partial charge in [0, 0.05) is 5.92 Å². The van der Waals surface area contributed by atoms with Gasteiger partial charge in [-0.1, -0.05) is 32.2 Å². The standard InChI is InChI=1S/C12H16/c1-6-11-9(4)8(3)10(5)12(11)7-2/h6-8H,4-5H2,1-3H3/b11-6-,12-7-. The monoisotopic (exact) mass is 160 g/mol. The summed E-state index contributed by atoms with van der Waals surface area (Å²) in [6.07, 6.45) is 4.23. The van der Waals surface area contributed by atoms with E-state index in [2.05, 4.69) is 46.1 Å². The van der Waals surface area contributed by atoms with Gasteiger partial charge in [0.25, 0.3) is 0 Å². The Bertz CT molecular complexity index is 257. The first-order valence-corrected chi connectivity index (χ1v) is 4.34. The van der Waals surface area contributed by atoms with E-state index in [9.17, 15) is 0 Å². The molecule has 1 fully saturated rings. The molecule has 1 saturated carbocycles. The Balaban J connectivity index is 3.22. The predicted octanol–water partition coefficient (Wildman–Crippen LogP) is 3.64. The first kappa shape index (κ1) is 9.05. The molecule has 0 amide bonds. The smallest absolute Gasteiger partial charge is 0.00613 e. The molecule has 0 heteroatoms. The lowest BCUT2D eigenvalue weighted by Crippen LogP contribution is -1.89. The lowest BCUT2D eigenvalue weighted by atomic mass is 10.0. The van der Waals surface area contributed by atoms with Crippen LogP contribution in [-0.2, 0) is 0 Å². The summed E-state index contributed by atoms with van der Waals surface area (Å²) in [6.45, 7) is 14.4. The lowest BCUT2D eigenvalue weighted by molar-refractivity contribution is 0.884. The quantitative estimate of drug-likeness (QED) is 0.507. The van der Waals surface area contributed by atoms with Crippen LogP contribution in [0.4, 0.5) is 0 Å². The average Bonchev–Trinajstić information content (AvgIpc) is 2.29. The molecule has 0 nitrogen and oxygen atoms in total. The van der Waals surface area contributed by atoms with Crippen LogP contribution < -0.4 is 0 Å². The summed E-state index contributed by atoms with van der Waals surface area (Å²) in [5.41, 5.74) is 4.95. The van der Waals surface area contributed by atoms with Crippen molar-refractivity contribution in [2.24, 2.45) is 5.92 Å². The molecule has 64 valence electrons. The molecule has 0 aliphatic heterocycles. The van der Waals surface area contributed by atoms with Crippen molar-refractivity contribution in [2.75, 3.05) is 0 Å². The van der Waals surface area contributed by atoms with E-state index in [1.54, 1.807) is 0 Å². The van der Waals surface area contributed by atoms with Crippen molar-refractivity contribution in [3.8, 4) is 0 Å². The van der Waals surface area contributed by atoms with Crippen LogP contribution in [0.3, 0.4) is 0 Å². The van der Waals surface area contributed by atoms with Gasteiger partial charge < -0.3 is 0 Å². The summed E-state index contributed by atoms with van der Waals surface area (Å²) < 4.78 is 0. The van der Waals surface area contributed by atoms with Crippen LogP contribution in [0.25, 0.3) is 0 Å². The number of allylic oxidation sites excluding steroid dienone is 6. The summed E-state index contributed by atoms with van der Waals surface area (Å²) in [7, 11) is 0. The second kappa shape index (κ2) is 3.14. The van der Waals surface area contributed by atoms with E-state index < -0.39 is 0 Å². The molecule has 0 atom stereocenters. The first-order valence-electron chi connectivity index (χ1n) is 4.34. The number of hydrogen-bond acceptors (Lipinski definition) is 0. The number of rotatable bonds is 0. The van der Waals surface area contributed by atoms with Gasteiger partial charge in [0.2, 0.25) is 0 Å². The molecule has 0 spiro atoms. The molecule has 12 heavy (non-hydrogen) atoms. The van der Waals surface area contributed by atoms with E-state index in [-0.39, 0.29) is 0 Å². The summed E-state index contributed by atoms with van der Waals surface area (Å²) in [5, 5.41) is 0. The van der Waals surface area contributed by atoms with Crippen molar-refractivity contribution in [3.63, 3.8) is 0 Å². The highest BCUT2D eigenvalue weighted by molar-refractivity contribution is 5.64. The van der Waals surface area contributed by atoms with Crippen LogP contribution >= 0.6 is 0 Å². The van der Waals surface area contributed by atoms with Gasteiger partial charge in [-0.3, -0.25) is 0 Å². The van der Waals surface area contributed by atoms with Crippen molar-refractivity contribution in [2.45, 2.75) is 20.8 Å². The van der Waals surface area contributed by atoms with Crippen molar-refractivity contribution in [1.29, 1.82) is 0 Å². The molecule has 0 unspecified atom stereocenters. The molecular weight excluding hydrogens is 144 g/mol. The highest BCUT2D eigenvalue weighted by Crippen LogP contribution is 2.42. The normalized spacial score (nSPS) is 30.8. The van der Waals surface area contributed by atoms with Crippen molar-refractivity contribution >= 4 is 0 Å². The van der Waals surface area contributed by atoms with Gasteiger partial charge in [0.15, 0.2) is 0 Å². The van der Waals surface area contributed by atoms with Crippen LogP contribution in [0.2, 0.25) is 0 Å². The van der Waals surface area contributed by atoms with E-state index in [4.69, 9.17) is 0 Å². The van der Waals surface area contributed by atoms with Crippen molar-refractivity contribution in [1.82, 2.24) is 0 Å². The average molecular weight is 160 g/mol. The lowest BCUT2D eigenvalue weighted by Gasteiger charge is -2.01. The van der Waals surface area contributed by atoms with Crippen LogP contribution in [0.5, 0.6) is 0 Å². The minimum absolute atomic E-state index is 0.419. The van der Waals surface area contributed by atoms with Gasteiger partial charge in [-0.05, 0) is 36.1 Å². The molecule has 0 bridgehead atoms. The molecule has 0 heterocycles. The van der Waals surface area contributed by atoms with E-state index in [1.165, 1.54) is 22.3 Å². The van der Waals surface area contributed by atoms with Gasteiger partial charge in [-0.25, -0.2) is 0 Å². The summed E-state index contributed by atoms with van der Waals surface area (Å²) in [5.74, 6) is 0.419. The van der Waals surface area contributed by atoms with E-state index in [1.807, 2.05) is 0 Å². The molecule has 0 aromatic carbocycles. The molecule has 0 saturated heterocycles. The maximum absolute atomic E-state index is 4.07. The molecule has 0 aromatic rings. The third-order valence-corrected chi connectivity index (χ3v) is 2.60. The Hall–Kier alpha value is -1.04. The van der Waals surface area contributed by atoms with Gasteiger partial charge in [-0.15, -0.1) is 0 Å². The third kappa shape index (κ3) is 1.08. The van der Waals surface area contributed by atoms with Gasteiger partial charge in [0.1, 0.15) is 0 Å². The fourth-order valence-electron chi connectivity index (χ4n) is 1.70. The zero-order valence-corrected chi connectivity index (χ0v) is 8.15. The Morgan fingerprint density at radius 2 is 1.33 bits per heavy atom.